The zero-order chi connectivity index (χ0) is 20.8. The zero-order valence-corrected chi connectivity index (χ0v) is 16.9. The summed E-state index contributed by atoms with van der Waals surface area (Å²) >= 11 is 1.48. The lowest BCUT2D eigenvalue weighted by Gasteiger charge is -2.20. The Bertz CT molecular complexity index is 984. The minimum absolute atomic E-state index is 0.0253. The first kappa shape index (κ1) is 20.5. The monoisotopic (exact) mass is 415 g/mol. The van der Waals surface area contributed by atoms with Gasteiger partial charge in [-0.05, 0) is 36.9 Å². The fourth-order valence-electron chi connectivity index (χ4n) is 2.65. The maximum atomic E-state index is 12.6. The van der Waals surface area contributed by atoms with E-state index < -0.39 is 12.6 Å². The van der Waals surface area contributed by atoms with E-state index in [4.69, 9.17) is 9.15 Å². The van der Waals surface area contributed by atoms with Gasteiger partial charge in [0, 0.05) is 6.54 Å². The lowest BCUT2D eigenvalue weighted by atomic mass is 10.1. The molecule has 29 heavy (non-hydrogen) atoms. The summed E-state index contributed by atoms with van der Waals surface area (Å²) in [4.78, 5) is 27.1. The Morgan fingerprint density at radius 3 is 2.83 bits per heavy atom. The molecule has 0 atom stereocenters. The van der Waals surface area contributed by atoms with Crippen molar-refractivity contribution in [2.75, 3.05) is 13.2 Å². The molecule has 1 amide bonds. The number of phenols is 1. The number of hydrogen-bond acceptors (Lipinski definition) is 8. The average molecular weight is 415 g/mol. The van der Waals surface area contributed by atoms with Crippen LogP contribution in [-0.2, 0) is 16.1 Å². The molecule has 3 aromatic rings. The van der Waals surface area contributed by atoms with Crippen LogP contribution >= 0.6 is 11.3 Å². The van der Waals surface area contributed by atoms with E-state index in [-0.39, 0.29) is 23.8 Å². The number of carbonyl (C=O) groups is 2. The van der Waals surface area contributed by atoms with Crippen molar-refractivity contribution < 1.29 is 23.8 Å². The molecule has 2 aromatic heterocycles. The number of ether oxygens (including phenoxy) is 1. The van der Waals surface area contributed by atoms with Crippen LogP contribution in [0.3, 0.4) is 0 Å². The molecule has 8 nitrogen and oxygen atoms in total. The number of hydrogen-bond donors (Lipinski definition) is 1. The molecule has 1 N–H and O–H groups in total. The van der Waals surface area contributed by atoms with Crippen LogP contribution in [0.5, 0.6) is 5.75 Å². The molecule has 9 heteroatoms. The Labute approximate surface area is 171 Å². The van der Waals surface area contributed by atoms with Crippen LogP contribution in [-0.4, -0.2) is 45.2 Å². The van der Waals surface area contributed by atoms with Crippen LogP contribution in [0.25, 0.3) is 10.8 Å². The van der Waals surface area contributed by atoms with Gasteiger partial charge in [-0.2, -0.15) is 0 Å². The van der Waals surface area contributed by atoms with Crippen molar-refractivity contribution in [1.29, 1.82) is 0 Å². The summed E-state index contributed by atoms with van der Waals surface area (Å²) < 4.78 is 10.7. The molecule has 0 aliphatic carbocycles. The molecule has 152 valence electrons. The maximum Gasteiger partial charge on any atom is 0.342 e. The van der Waals surface area contributed by atoms with Crippen molar-refractivity contribution >= 4 is 23.2 Å². The molecule has 0 saturated heterocycles. The maximum absolute atomic E-state index is 12.6. The first-order valence-electron chi connectivity index (χ1n) is 9.08. The van der Waals surface area contributed by atoms with Crippen molar-refractivity contribution in [3.05, 3.63) is 52.7 Å². The van der Waals surface area contributed by atoms with Gasteiger partial charge in [-0.3, -0.25) is 4.79 Å². The molecule has 3 rings (SSSR count). The highest BCUT2D eigenvalue weighted by atomic mass is 32.1. The van der Waals surface area contributed by atoms with Crippen LogP contribution < -0.4 is 0 Å². The van der Waals surface area contributed by atoms with Crippen molar-refractivity contribution in [2.24, 2.45) is 0 Å². The molecule has 2 heterocycles. The Morgan fingerprint density at radius 2 is 2.10 bits per heavy atom. The largest absolute Gasteiger partial charge is 0.507 e. The molecule has 0 radical (unpaired) electrons. The number of nitrogens with zero attached hydrogens (tertiary/aromatic N) is 3. The van der Waals surface area contributed by atoms with Crippen molar-refractivity contribution in [2.45, 2.75) is 26.8 Å². The minimum atomic E-state index is -0.756. The predicted octanol–water partition coefficient (Wildman–Crippen LogP) is 3.41. The lowest BCUT2D eigenvalue weighted by molar-refractivity contribution is -0.135. The number of aryl methyl sites for hydroxylation is 1. The first-order valence-corrected chi connectivity index (χ1v) is 9.96. The summed E-state index contributed by atoms with van der Waals surface area (Å²) in [6.45, 7) is 3.85. The van der Waals surface area contributed by atoms with E-state index in [9.17, 15) is 14.7 Å². The van der Waals surface area contributed by atoms with Crippen molar-refractivity contribution in [3.8, 4) is 16.5 Å². The SMILES string of the molecule is CCCN(Cc1nnc(-c2cccs2)o1)C(=O)COC(=O)c1cc(C)ccc1O. The molecule has 0 bridgehead atoms. The van der Waals surface area contributed by atoms with E-state index in [2.05, 4.69) is 10.2 Å². The van der Waals surface area contributed by atoms with Gasteiger partial charge < -0.3 is 19.2 Å². The molecule has 0 fully saturated rings. The number of aromatic hydroxyl groups is 1. The van der Waals surface area contributed by atoms with Gasteiger partial charge in [0.15, 0.2) is 6.61 Å². The second kappa shape index (κ2) is 9.33. The third-order valence-corrected chi connectivity index (χ3v) is 4.93. The van der Waals surface area contributed by atoms with Gasteiger partial charge >= 0.3 is 5.97 Å². The highest BCUT2D eigenvalue weighted by Gasteiger charge is 2.20. The van der Waals surface area contributed by atoms with E-state index in [0.717, 1.165) is 10.4 Å². The van der Waals surface area contributed by atoms with Crippen LogP contribution in [0.4, 0.5) is 0 Å². The van der Waals surface area contributed by atoms with Gasteiger partial charge in [0.2, 0.25) is 5.89 Å². The fourth-order valence-corrected chi connectivity index (χ4v) is 3.30. The quantitative estimate of drug-likeness (QED) is 0.562. The number of phenolic OH excluding ortho intramolecular Hbond substituents is 1. The summed E-state index contributed by atoms with van der Waals surface area (Å²) in [7, 11) is 0. The van der Waals surface area contributed by atoms with E-state index in [1.54, 1.807) is 13.0 Å². The van der Waals surface area contributed by atoms with Crippen LogP contribution in [0.1, 0.15) is 35.2 Å². The molecule has 0 aliphatic rings. The molecule has 1 aromatic carbocycles. The second-order valence-electron chi connectivity index (χ2n) is 6.39. The van der Waals surface area contributed by atoms with E-state index >= 15 is 0 Å². The number of amides is 1. The molecular formula is C20H21N3O5S. The van der Waals surface area contributed by atoms with E-state index in [1.807, 2.05) is 24.4 Å². The molecular weight excluding hydrogens is 394 g/mol. The standard InChI is InChI=1S/C20H21N3O5S/c1-3-8-23(11-17-21-22-19(28-17)16-5-4-9-29-16)18(25)12-27-20(26)14-10-13(2)6-7-15(14)24/h4-7,9-10,24H,3,8,11-12H2,1-2H3. The molecule has 0 saturated carbocycles. The summed E-state index contributed by atoms with van der Waals surface area (Å²) in [5.41, 5.74) is 0.823. The fraction of sp³-hybridized carbons (Fsp3) is 0.300. The van der Waals surface area contributed by atoms with Gasteiger partial charge in [-0.15, -0.1) is 21.5 Å². The lowest BCUT2D eigenvalue weighted by Crippen LogP contribution is -2.35. The average Bonchev–Trinajstić information content (AvgIpc) is 3.39. The highest BCUT2D eigenvalue weighted by molar-refractivity contribution is 7.13. The molecule has 0 spiro atoms. The van der Waals surface area contributed by atoms with Gasteiger partial charge in [0.05, 0.1) is 11.4 Å². The summed E-state index contributed by atoms with van der Waals surface area (Å²) in [6.07, 6.45) is 0.713. The third-order valence-electron chi connectivity index (χ3n) is 4.07. The van der Waals surface area contributed by atoms with Gasteiger partial charge in [-0.25, -0.2) is 4.79 Å². The Morgan fingerprint density at radius 1 is 1.28 bits per heavy atom. The third kappa shape index (κ3) is 5.20. The minimum Gasteiger partial charge on any atom is -0.507 e. The second-order valence-corrected chi connectivity index (χ2v) is 7.34. The topological polar surface area (TPSA) is 106 Å². The number of esters is 1. The summed E-state index contributed by atoms with van der Waals surface area (Å²) in [5, 5.41) is 19.7. The number of rotatable bonds is 8. The Balaban J connectivity index is 1.62. The normalized spacial score (nSPS) is 10.7. The van der Waals surface area contributed by atoms with Gasteiger partial charge in [0.25, 0.3) is 11.8 Å². The van der Waals surface area contributed by atoms with Crippen LogP contribution in [0.2, 0.25) is 0 Å². The van der Waals surface area contributed by atoms with Crippen LogP contribution in [0, 0.1) is 6.92 Å². The number of benzene rings is 1. The molecule has 0 aliphatic heterocycles. The summed E-state index contributed by atoms with van der Waals surface area (Å²) in [6, 6.07) is 8.36. The van der Waals surface area contributed by atoms with E-state index in [1.165, 1.54) is 28.4 Å². The smallest absolute Gasteiger partial charge is 0.342 e. The predicted molar refractivity (Wildman–Crippen MR) is 106 cm³/mol. The van der Waals surface area contributed by atoms with Crippen molar-refractivity contribution in [3.63, 3.8) is 0 Å². The number of aromatic nitrogens is 2. The zero-order valence-electron chi connectivity index (χ0n) is 16.1. The van der Waals surface area contributed by atoms with Gasteiger partial charge in [-0.1, -0.05) is 24.6 Å². The number of thiophene rings is 1. The first-order chi connectivity index (χ1) is 14.0. The summed E-state index contributed by atoms with van der Waals surface area (Å²) in [5.74, 6) is -0.625. The Kier molecular flexibility index (Phi) is 6.61. The van der Waals surface area contributed by atoms with Crippen molar-refractivity contribution in [1.82, 2.24) is 15.1 Å². The number of carbonyl (C=O) groups excluding carboxylic acids is 2. The van der Waals surface area contributed by atoms with E-state index in [0.29, 0.717) is 24.7 Å². The molecule has 0 unspecified atom stereocenters. The Hall–Kier alpha value is -3.20. The van der Waals surface area contributed by atoms with Gasteiger partial charge in [0.1, 0.15) is 11.3 Å². The highest BCUT2D eigenvalue weighted by Crippen LogP contribution is 2.23. The van der Waals surface area contributed by atoms with Crippen LogP contribution in [0.15, 0.2) is 40.1 Å².